The first-order chi connectivity index (χ1) is 23.0. The number of aromatic nitrogens is 3. The van der Waals surface area contributed by atoms with Gasteiger partial charge in [0.2, 0.25) is 5.91 Å². The molecule has 48 heavy (non-hydrogen) atoms. The minimum absolute atomic E-state index is 0.0553. The van der Waals surface area contributed by atoms with Crippen LogP contribution in [0.15, 0.2) is 91.3 Å². The van der Waals surface area contributed by atoms with E-state index in [1.165, 1.54) is 0 Å². The Kier molecular flexibility index (Phi) is 11.5. The van der Waals surface area contributed by atoms with Crippen molar-refractivity contribution in [1.29, 1.82) is 0 Å². The molecular formula is C37H45N5O6. The van der Waals surface area contributed by atoms with Crippen molar-refractivity contribution in [2.24, 2.45) is 5.92 Å². The molecule has 11 heteroatoms. The Hall–Kier alpha value is -4.74. The van der Waals surface area contributed by atoms with Gasteiger partial charge in [-0.25, -0.2) is 9.48 Å². The third-order valence-electron chi connectivity index (χ3n) is 8.33. The molecule has 11 nitrogen and oxygen atoms in total. The molecule has 0 fully saturated rings. The van der Waals surface area contributed by atoms with Crippen molar-refractivity contribution < 1.29 is 29.3 Å². The van der Waals surface area contributed by atoms with Gasteiger partial charge in [-0.15, -0.1) is 5.10 Å². The summed E-state index contributed by atoms with van der Waals surface area (Å²) in [6, 6.07) is 23.4. The number of carbonyl (C=O) groups excluding carboxylic acids is 2. The second-order valence-electron chi connectivity index (χ2n) is 13.3. The molecule has 0 saturated carbocycles. The summed E-state index contributed by atoms with van der Waals surface area (Å²) in [5.74, 6) is -0.300. The molecule has 0 saturated heterocycles. The lowest BCUT2D eigenvalue weighted by Gasteiger charge is -2.29. The first-order valence-corrected chi connectivity index (χ1v) is 16.4. The van der Waals surface area contributed by atoms with Crippen LogP contribution in [0.25, 0.3) is 0 Å². The van der Waals surface area contributed by atoms with E-state index in [1.54, 1.807) is 37.8 Å². The summed E-state index contributed by atoms with van der Waals surface area (Å²) in [7, 11) is 0. The minimum Gasteiger partial charge on any atom is -0.492 e. The van der Waals surface area contributed by atoms with E-state index in [-0.39, 0.29) is 12.3 Å². The van der Waals surface area contributed by atoms with Gasteiger partial charge in [-0.05, 0) is 74.4 Å². The molecule has 0 bridgehead atoms. The maximum Gasteiger partial charge on any atom is 0.407 e. The second kappa shape index (κ2) is 15.9. The van der Waals surface area contributed by atoms with Crippen LogP contribution in [-0.4, -0.2) is 67.7 Å². The average Bonchev–Trinajstić information content (AvgIpc) is 3.68. The molecule has 1 aliphatic carbocycles. The number of alkyl carbamates (subject to hydrolysis) is 1. The zero-order valence-corrected chi connectivity index (χ0v) is 27.7. The number of nitrogens with zero attached hydrogens (tertiary/aromatic N) is 3. The number of aliphatic hydroxyl groups is 2. The lowest BCUT2D eigenvalue weighted by atomic mass is 9.88. The van der Waals surface area contributed by atoms with E-state index in [2.05, 4.69) is 20.9 Å². The summed E-state index contributed by atoms with van der Waals surface area (Å²) < 4.78 is 13.1. The normalized spacial score (nSPS) is 17.5. The van der Waals surface area contributed by atoms with Crippen LogP contribution in [-0.2, 0) is 35.3 Å². The van der Waals surface area contributed by atoms with Crippen LogP contribution in [0.5, 0.6) is 5.75 Å². The van der Waals surface area contributed by atoms with Gasteiger partial charge in [0.15, 0.2) is 0 Å². The number of nitrogens with one attached hydrogen (secondary N) is 2. The number of amides is 2. The smallest absolute Gasteiger partial charge is 0.407 e. The average molecular weight is 656 g/mol. The third-order valence-corrected chi connectivity index (χ3v) is 8.33. The quantitative estimate of drug-likeness (QED) is 0.158. The fourth-order valence-electron chi connectivity index (χ4n) is 5.98. The van der Waals surface area contributed by atoms with Gasteiger partial charge in [0.1, 0.15) is 18.0 Å². The van der Waals surface area contributed by atoms with E-state index in [4.69, 9.17) is 9.47 Å². The van der Waals surface area contributed by atoms with Crippen molar-refractivity contribution >= 4 is 12.0 Å². The highest BCUT2D eigenvalue weighted by atomic mass is 16.6. The summed E-state index contributed by atoms with van der Waals surface area (Å²) in [5, 5.41) is 36.2. The van der Waals surface area contributed by atoms with Gasteiger partial charge >= 0.3 is 6.09 Å². The molecule has 254 valence electrons. The number of hydrogen-bond acceptors (Lipinski definition) is 8. The van der Waals surface area contributed by atoms with E-state index >= 15 is 0 Å². The van der Waals surface area contributed by atoms with Crippen LogP contribution in [0.4, 0.5) is 4.79 Å². The third kappa shape index (κ3) is 9.88. The maximum absolute atomic E-state index is 14.0. The predicted octanol–water partition coefficient (Wildman–Crippen LogP) is 4.18. The van der Waals surface area contributed by atoms with Crippen molar-refractivity contribution in [2.75, 3.05) is 6.61 Å². The Morgan fingerprint density at radius 2 is 1.69 bits per heavy atom. The van der Waals surface area contributed by atoms with Gasteiger partial charge in [-0.3, -0.25) is 4.79 Å². The summed E-state index contributed by atoms with van der Waals surface area (Å²) in [6.45, 7) is 6.30. The Bertz CT molecular complexity index is 1610. The molecule has 1 aliphatic rings. The Morgan fingerprint density at radius 1 is 0.979 bits per heavy atom. The van der Waals surface area contributed by atoms with Crippen molar-refractivity contribution in [2.45, 2.75) is 82.9 Å². The molecule has 5 unspecified atom stereocenters. The zero-order valence-electron chi connectivity index (χ0n) is 27.7. The number of fused-ring (bicyclic) bond motifs is 1. The van der Waals surface area contributed by atoms with E-state index in [1.807, 2.05) is 78.9 Å². The molecule has 0 aliphatic heterocycles. The van der Waals surface area contributed by atoms with E-state index in [0.29, 0.717) is 38.2 Å². The number of aliphatic hydroxyl groups excluding tert-OH is 2. The Balaban J connectivity index is 1.33. The zero-order chi connectivity index (χ0) is 34.1. The van der Waals surface area contributed by atoms with Gasteiger partial charge in [-0.2, -0.15) is 0 Å². The summed E-state index contributed by atoms with van der Waals surface area (Å²) in [5.41, 5.74) is 2.95. The van der Waals surface area contributed by atoms with Gasteiger partial charge in [0.05, 0.1) is 37.0 Å². The largest absolute Gasteiger partial charge is 0.492 e. The topological polar surface area (TPSA) is 148 Å². The van der Waals surface area contributed by atoms with Crippen LogP contribution in [0.3, 0.4) is 0 Å². The molecule has 1 aromatic heterocycles. The molecule has 0 spiro atoms. The Morgan fingerprint density at radius 3 is 2.40 bits per heavy atom. The Labute approximate surface area is 281 Å². The SMILES string of the molecule is CC(C)(C)OC(=O)NC(Cc1ccccc1)C(O)CC(Cc1ccc(OCCn2ccnn2)cc1)C(=O)NC1c2ccccc2CC1O. The minimum atomic E-state index is -1.09. The monoisotopic (exact) mass is 655 g/mol. The number of hydrogen-bond donors (Lipinski definition) is 4. The van der Waals surface area contributed by atoms with Crippen molar-refractivity contribution in [3.05, 3.63) is 114 Å². The fourth-order valence-corrected chi connectivity index (χ4v) is 5.98. The number of ether oxygens (including phenoxy) is 2. The van der Waals surface area contributed by atoms with E-state index in [0.717, 1.165) is 22.3 Å². The van der Waals surface area contributed by atoms with Crippen molar-refractivity contribution in [1.82, 2.24) is 25.6 Å². The van der Waals surface area contributed by atoms with E-state index in [9.17, 15) is 19.8 Å². The molecule has 5 rings (SSSR count). The number of benzene rings is 3. The maximum atomic E-state index is 14.0. The van der Waals surface area contributed by atoms with Gasteiger partial charge < -0.3 is 30.3 Å². The van der Waals surface area contributed by atoms with Gasteiger partial charge in [-0.1, -0.05) is 71.9 Å². The molecular weight excluding hydrogens is 610 g/mol. The van der Waals surface area contributed by atoms with Gasteiger partial charge in [0.25, 0.3) is 0 Å². The first kappa shape index (κ1) is 34.6. The van der Waals surface area contributed by atoms with E-state index < -0.39 is 41.9 Å². The molecule has 1 heterocycles. The molecule has 0 radical (unpaired) electrons. The highest BCUT2D eigenvalue weighted by Gasteiger charge is 2.35. The molecule has 4 N–H and O–H groups in total. The van der Waals surface area contributed by atoms with Crippen LogP contribution in [0.1, 0.15) is 55.5 Å². The lowest BCUT2D eigenvalue weighted by Crippen LogP contribution is -2.48. The first-order valence-electron chi connectivity index (χ1n) is 16.4. The van der Waals surface area contributed by atoms with Crippen LogP contribution in [0.2, 0.25) is 0 Å². The van der Waals surface area contributed by atoms with Gasteiger partial charge in [0, 0.05) is 18.5 Å². The standard InChI is InChI=1S/C37H45N5O6/c1-37(2,3)48-36(46)39-31(22-25-9-5-4-6-10-25)32(43)24-28(35(45)40-34-30-12-8-7-11-27(30)23-33(34)44)21-26-13-15-29(16-14-26)47-20-19-42-18-17-38-41-42/h4-18,28,31-34,43-44H,19-24H2,1-3H3,(H,39,46)(H,40,45). The molecule has 4 aromatic rings. The predicted molar refractivity (Wildman–Crippen MR) is 180 cm³/mol. The van der Waals surface area contributed by atoms with Crippen molar-refractivity contribution in [3.8, 4) is 5.75 Å². The second-order valence-corrected chi connectivity index (χ2v) is 13.3. The highest BCUT2D eigenvalue weighted by molar-refractivity contribution is 5.80. The molecule has 2 amide bonds. The van der Waals surface area contributed by atoms with Crippen LogP contribution in [0, 0.1) is 5.92 Å². The van der Waals surface area contributed by atoms with Crippen molar-refractivity contribution in [3.63, 3.8) is 0 Å². The number of carbonyl (C=O) groups is 2. The summed E-state index contributed by atoms with van der Waals surface area (Å²) in [6.07, 6.45) is 2.05. The number of rotatable bonds is 14. The van der Waals surface area contributed by atoms with Crippen LogP contribution < -0.4 is 15.4 Å². The summed E-state index contributed by atoms with van der Waals surface area (Å²) in [4.78, 5) is 26.9. The lowest BCUT2D eigenvalue weighted by molar-refractivity contribution is -0.127. The molecule has 3 aromatic carbocycles. The fraction of sp³-hybridized carbons (Fsp3) is 0.405. The van der Waals surface area contributed by atoms with Crippen LogP contribution >= 0.6 is 0 Å². The highest BCUT2D eigenvalue weighted by Crippen LogP contribution is 2.32. The summed E-state index contributed by atoms with van der Waals surface area (Å²) >= 11 is 0. The molecule has 5 atom stereocenters.